The maximum Gasteiger partial charge on any atom is 0.224 e. The Hall–Kier alpha value is -3.65. The highest BCUT2D eigenvalue weighted by Crippen LogP contribution is 2.30. The van der Waals surface area contributed by atoms with Gasteiger partial charge in [0.05, 0.1) is 29.0 Å². The molecule has 0 atom stereocenters. The van der Waals surface area contributed by atoms with Gasteiger partial charge in [-0.3, -0.25) is 4.79 Å². The van der Waals surface area contributed by atoms with Crippen molar-refractivity contribution >= 4 is 34.3 Å². The Morgan fingerprint density at radius 2 is 1.93 bits per heavy atom. The normalized spacial score (nSPS) is 10.8. The fraction of sp³-hybridized carbons (Fsp3) is 0.0952. The van der Waals surface area contributed by atoms with E-state index in [1.807, 2.05) is 54.0 Å². The summed E-state index contributed by atoms with van der Waals surface area (Å²) in [6, 6.07) is 17.0. The van der Waals surface area contributed by atoms with E-state index in [1.165, 1.54) is 0 Å². The number of aryl methyl sites for hydroxylation is 1. The van der Waals surface area contributed by atoms with Crippen molar-refractivity contribution in [3.63, 3.8) is 0 Å². The van der Waals surface area contributed by atoms with E-state index >= 15 is 0 Å². The molecule has 7 nitrogen and oxygen atoms in total. The van der Waals surface area contributed by atoms with Crippen LogP contribution in [0, 0.1) is 0 Å². The summed E-state index contributed by atoms with van der Waals surface area (Å²) in [7, 11) is 0. The van der Waals surface area contributed by atoms with Gasteiger partial charge in [-0.25, -0.2) is 4.68 Å². The van der Waals surface area contributed by atoms with Crippen molar-refractivity contribution in [2.45, 2.75) is 12.8 Å². The standard InChI is InChI=1S/C21H20N6OS/c22-15-4-7-17(8-5-15)27-13-16(25-26-27)6-10-21(28)24-19-12-14(3-9-18(19)23)20-2-1-11-29-20/h1-5,7-9,11-13H,6,10,22-23H2,(H,24,28). The van der Waals surface area contributed by atoms with Gasteiger partial charge in [0, 0.05) is 23.4 Å². The van der Waals surface area contributed by atoms with Crippen LogP contribution in [0.5, 0.6) is 0 Å². The second-order valence-electron chi connectivity index (χ2n) is 6.57. The van der Waals surface area contributed by atoms with E-state index in [4.69, 9.17) is 11.5 Å². The summed E-state index contributed by atoms with van der Waals surface area (Å²) < 4.78 is 1.66. The molecule has 8 heteroatoms. The number of carbonyl (C=O) groups excluding carboxylic acids is 1. The van der Waals surface area contributed by atoms with Gasteiger partial charge in [0.1, 0.15) is 0 Å². The number of nitrogens with one attached hydrogen (secondary N) is 1. The number of nitrogen functional groups attached to an aromatic ring is 2. The van der Waals surface area contributed by atoms with E-state index in [1.54, 1.807) is 28.2 Å². The molecule has 0 aliphatic carbocycles. The third-order valence-corrected chi connectivity index (χ3v) is 5.36. The summed E-state index contributed by atoms with van der Waals surface area (Å²) in [5.41, 5.74) is 16.2. The molecule has 29 heavy (non-hydrogen) atoms. The van der Waals surface area contributed by atoms with Crippen LogP contribution in [0.4, 0.5) is 17.1 Å². The minimum absolute atomic E-state index is 0.123. The third-order valence-electron chi connectivity index (χ3n) is 4.44. The second-order valence-corrected chi connectivity index (χ2v) is 7.52. The number of aromatic nitrogens is 3. The van der Waals surface area contributed by atoms with Gasteiger partial charge in [-0.05, 0) is 53.4 Å². The van der Waals surface area contributed by atoms with Gasteiger partial charge in [-0.15, -0.1) is 16.4 Å². The molecule has 0 spiro atoms. The largest absolute Gasteiger partial charge is 0.399 e. The Bertz CT molecular complexity index is 1120. The van der Waals surface area contributed by atoms with Crippen LogP contribution in [-0.4, -0.2) is 20.9 Å². The van der Waals surface area contributed by atoms with Gasteiger partial charge in [-0.1, -0.05) is 17.3 Å². The van der Waals surface area contributed by atoms with Crippen LogP contribution in [0.2, 0.25) is 0 Å². The maximum atomic E-state index is 12.4. The van der Waals surface area contributed by atoms with Gasteiger partial charge in [0.25, 0.3) is 0 Å². The molecule has 4 aromatic rings. The molecule has 5 N–H and O–H groups in total. The van der Waals surface area contributed by atoms with E-state index < -0.39 is 0 Å². The summed E-state index contributed by atoms with van der Waals surface area (Å²) >= 11 is 1.64. The fourth-order valence-corrected chi connectivity index (χ4v) is 3.61. The number of carbonyl (C=O) groups is 1. The van der Waals surface area contributed by atoms with Gasteiger partial charge >= 0.3 is 0 Å². The molecule has 0 saturated carbocycles. The number of anilines is 3. The summed E-state index contributed by atoms with van der Waals surface area (Å²) in [5, 5.41) is 13.2. The highest BCUT2D eigenvalue weighted by atomic mass is 32.1. The SMILES string of the molecule is Nc1ccc(-n2cc(CCC(=O)Nc3cc(-c4cccs4)ccc3N)nn2)cc1. The molecule has 4 rings (SSSR count). The summed E-state index contributed by atoms with van der Waals surface area (Å²) in [5.74, 6) is -0.123. The smallest absolute Gasteiger partial charge is 0.224 e. The van der Waals surface area contributed by atoms with Gasteiger partial charge in [-0.2, -0.15) is 0 Å². The zero-order valence-electron chi connectivity index (χ0n) is 15.6. The number of thiophene rings is 1. The first-order valence-corrected chi connectivity index (χ1v) is 9.97. The summed E-state index contributed by atoms with van der Waals surface area (Å²) in [6.45, 7) is 0. The lowest BCUT2D eigenvalue weighted by atomic mass is 10.1. The average molecular weight is 404 g/mol. The molecule has 146 valence electrons. The number of nitrogens with zero attached hydrogens (tertiary/aromatic N) is 3. The van der Waals surface area contributed by atoms with E-state index in [9.17, 15) is 4.79 Å². The van der Waals surface area contributed by atoms with Crippen molar-refractivity contribution in [3.8, 4) is 16.1 Å². The first kappa shape index (κ1) is 18.7. The van der Waals surface area contributed by atoms with Crippen LogP contribution in [0.15, 0.2) is 66.2 Å². The van der Waals surface area contributed by atoms with E-state index in [-0.39, 0.29) is 12.3 Å². The van der Waals surface area contributed by atoms with Crippen LogP contribution in [0.25, 0.3) is 16.1 Å². The molecule has 0 unspecified atom stereocenters. The van der Waals surface area contributed by atoms with Crippen molar-refractivity contribution in [1.82, 2.24) is 15.0 Å². The lowest BCUT2D eigenvalue weighted by Gasteiger charge is -2.09. The number of hydrogen-bond donors (Lipinski definition) is 3. The van der Waals surface area contributed by atoms with Crippen molar-refractivity contribution < 1.29 is 4.79 Å². The van der Waals surface area contributed by atoms with Crippen LogP contribution in [-0.2, 0) is 11.2 Å². The molecule has 0 saturated heterocycles. The second kappa shape index (κ2) is 8.15. The topological polar surface area (TPSA) is 112 Å². The van der Waals surface area contributed by atoms with Crippen LogP contribution >= 0.6 is 11.3 Å². The molecule has 0 aliphatic heterocycles. The van der Waals surface area contributed by atoms with Gasteiger partial charge in [0.2, 0.25) is 5.91 Å². The molecule has 2 aromatic carbocycles. The van der Waals surface area contributed by atoms with Crippen molar-refractivity contribution in [2.24, 2.45) is 0 Å². The number of rotatable bonds is 6. The Balaban J connectivity index is 1.38. The van der Waals surface area contributed by atoms with Crippen LogP contribution in [0.3, 0.4) is 0 Å². The minimum Gasteiger partial charge on any atom is -0.399 e. The van der Waals surface area contributed by atoms with Crippen LogP contribution in [0.1, 0.15) is 12.1 Å². The Labute approximate surface area is 172 Å². The molecule has 2 aromatic heterocycles. The zero-order valence-corrected chi connectivity index (χ0v) is 16.4. The van der Waals surface area contributed by atoms with Crippen molar-refractivity contribution in [1.29, 1.82) is 0 Å². The predicted molar refractivity (Wildman–Crippen MR) is 117 cm³/mol. The molecule has 1 amide bonds. The monoisotopic (exact) mass is 404 g/mol. The lowest BCUT2D eigenvalue weighted by Crippen LogP contribution is -2.13. The number of nitrogens with two attached hydrogens (primary N) is 2. The van der Waals surface area contributed by atoms with Crippen LogP contribution < -0.4 is 16.8 Å². The Morgan fingerprint density at radius 1 is 1.10 bits per heavy atom. The molecular weight excluding hydrogens is 384 g/mol. The quantitative estimate of drug-likeness (QED) is 0.424. The first-order valence-electron chi connectivity index (χ1n) is 9.09. The third kappa shape index (κ3) is 4.44. The lowest BCUT2D eigenvalue weighted by molar-refractivity contribution is -0.116. The van der Waals surface area contributed by atoms with E-state index in [2.05, 4.69) is 15.6 Å². The molecule has 2 heterocycles. The van der Waals surface area contributed by atoms with Gasteiger partial charge in [0.15, 0.2) is 0 Å². The molecule has 0 bridgehead atoms. The summed E-state index contributed by atoms with van der Waals surface area (Å²) in [4.78, 5) is 13.5. The van der Waals surface area contributed by atoms with E-state index in [0.717, 1.165) is 21.8 Å². The zero-order chi connectivity index (χ0) is 20.2. The van der Waals surface area contributed by atoms with Gasteiger partial charge < -0.3 is 16.8 Å². The molecule has 0 radical (unpaired) electrons. The number of benzene rings is 2. The Morgan fingerprint density at radius 3 is 2.69 bits per heavy atom. The molecule has 0 fully saturated rings. The highest BCUT2D eigenvalue weighted by Gasteiger charge is 2.10. The molecule has 0 aliphatic rings. The summed E-state index contributed by atoms with van der Waals surface area (Å²) in [6.07, 6.45) is 2.57. The number of hydrogen-bond acceptors (Lipinski definition) is 6. The highest BCUT2D eigenvalue weighted by molar-refractivity contribution is 7.13. The van der Waals surface area contributed by atoms with E-state index in [0.29, 0.717) is 23.5 Å². The molecular formula is C21H20N6OS. The minimum atomic E-state index is -0.123. The number of amides is 1. The Kier molecular flexibility index (Phi) is 5.26. The van der Waals surface area contributed by atoms with Crippen molar-refractivity contribution in [2.75, 3.05) is 16.8 Å². The predicted octanol–water partition coefficient (Wildman–Crippen LogP) is 3.73. The fourth-order valence-electron chi connectivity index (χ4n) is 2.88. The van der Waals surface area contributed by atoms with Crippen molar-refractivity contribution in [3.05, 3.63) is 71.9 Å². The maximum absolute atomic E-state index is 12.4. The first-order chi connectivity index (χ1) is 14.1. The average Bonchev–Trinajstić information content (AvgIpc) is 3.41.